The van der Waals surface area contributed by atoms with Gasteiger partial charge in [-0.1, -0.05) is 48.0 Å². The molecule has 0 aliphatic rings. The zero-order valence-corrected chi connectivity index (χ0v) is 18.6. The second kappa shape index (κ2) is 11.4. The van der Waals surface area contributed by atoms with Gasteiger partial charge in [0.05, 0.1) is 22.4 Å². The number of aliphatic carboxylic acids is 1. The number of aromatic nitrogens is 2. The lowest BCUT2D eigenvalue weighted by atomic mass is 10.0. The van der Waals surface area contributed by atoms with Crippen LogP contribution in [-0.4, -0.2) is 38.9 Å². The van der Waals surface area contributed by atoms with E-state index in [1.165, 1.54) is 18.5 Å². The first-order chi connectivity index (χ1) is 16.2. The standard InChI is InChI=1S/C20H17ClF3N3O.C2HF3O2/c1-12-18(14-7-8-15(16(21)9-14)20(22,23)24)26-11-27-19(12)25-10-17(28)13-5-3-2-4-6-13;3-2(4,5)1(6)7/h2-9,11,17,28H,10H2,1H3,(H,25,26,27);(H,6,7)/t17-;/m0./s1. The van der Waals surface area contributed by atoms with Crippen molar-refractivity contribution in [2.45, 2.75) is 25.4 Å². The van der Waals surface area contributed by atoms with Crippen molar-refractivity contribution in [3.05, 3.63) is 76.6 Å². The highest BCUT2D eigenvalue weighted by atomic mass is 35.5. The normalized spacial score (nSPS) is 12.4. The molecular weight excluding hydrogens is 504 g/mol. The Bertz CT molecular complexity index is 1160. The molecule has 0 spiro atoms. The topological polar surface area (TPSA) is 95.3 Å². The van der Waals surface area contributed by atoms with Gasteiger partial charge in [-0.15, -0.1) is 0 Å². The van der Waals surface area contributed by atoms with Crippen LogP contribution in [0.3, 0.4) is 0 Å². The minimum Gasteiger partial charge on any atom is -0.475 e. The second-order valence-corrected chi connectivity index (χ2v) is 7.41. The van der Waals surface area contributed by atoms with E-state index in [9.17, 15) is 31.4 Å². The van der Waals surface area contributed by atoms with Gasteiger partial charge in [0.15, 0.2) is 0 Å². The van der Waals surface area contributed by atoms with E-state index in [0.29, 0.717) is 22.6 Å². The number of carboxylic acid groups (broad SMARTS) is 1. The quantitative estimate of drug-likeness (QED) is 0.362. The lowest BCUT2D eigenvalue weighted by molar-refractivity contribution is -0.192. The summed E-state index contributed by atoms with van der Waals surface area (Å²) in [6, 6.07) is 12.7. The SMILES string of the molecule is Cc1c(NC[C@H](O)c2ccccc2)ncnc1-c1ccc(C(F)(F)F)c(Cl)c1.O=C(O)C(F)(F)F. The fourth-order valence-corrected chi connectivity index (χ4v) is 3.09. The van der Waals surface area contributed by atoms with Crippen LogP contribution in [0.25, 0.3) is 11.3 Å². The number of carbonyl (C=O) groups is 1. The van der Waals surface area contributed by atoms with E-state index in [2.05, 4.69) is 15.3 Å². The maximum Gasteiger partial charge on any atom is 0.490 e. The second-order valence-electron chi connectivity index (χ2n) is 7.00. The zero-order valence-electron chi connectivity index (χ0n) is 17.8. The predicted octanol–water partition coefficient (Wildman–Crippen LogP) is 5.90. The van der Waals surface area contributed by atoms with Crippen LogP contribution in [0, 0.1) is 6.92 Å². The van der Waals surface area contributed by atoms with Gasteiger partial charge in [0, 0.05) is 17.7 Å². The van der Waals surface area contributed by atoms with Gasteiger partial charge >= 0.3 is 18.3 Å². The predicted molar refractivity (Wildman–Crippen MR) is 116 cm³/mol. The summed E-state index contributed by atoms with van der Waals surface area (Å²) in [5.41, 5.74) is 1.41. The van der Waals surface area contributed by atoms with Gasteiger partial charge in [0.1, 0.15) is 12.1 Å². The molecule has 0 aliphatic carbocycles. The number of anilines is 1. The lowest BCUT2D eigenvalue weighted by Gasteiger charge is -2.16. The van der Waals surface area contributed by atoms with Crippen molar-refractivity contribution in [2.24, 2.45) is 0 Å². The van der Waals surface area contributed by atoms with Gasteiger partial charge in [-0.05, 0) is 24.6 Å². The molecule has 0 bridgehead atoms. The van der Waals surface area contributed by atoms with Crippen molar-refractivity contribution in [1.29, 1.82) is 0 Å². The van der Waals surface area contributed by atoms with Crippen LogP contribution < -0.4 is 5.32 Å². The molecule has 0 aliphatic heterocycles. The first-order valence-corrected chi connectivity index (χ1v) is 10.0. The van der Waals surface area contributed by atoms with E-state index in [0.717, 1.165) is 11.6 Å². The van der Waals surface area contributed by atoms with E-state index < -0.39 is 35.0 Å². The third-order valence-corrected chi connectivity index (χ3v) is 4.83. The minimum absolute atomic E-state index is 0.217. The summed E-state index contributed by atoms with van der Waals surface area (Å²) >= 11 is 5.81. The number of hydrogen-bond acceptors (Lipinski definition) is 5. The van der Waals surface area contributed by atoms with Gasteiger partial charge in [-0.3, -0.25) is 0 Å². The molecule has 0 fully saturated rings. The molecule has 1 aromatic heterocycles. The summed E-state index contributed by atoms with van der Waals surface area (Å²) in [4.78, 5) is 17.2. The van der Waals surface area contributed by atoms with Gasteiger partial charge < -0.3 is 15.5 Å². The summed E-state index contributed by atoms with van der Waals surface area (Å²) in [6.45, 7) is 1.97. The average Bonchev–Trinajstić information content (AvgIpc) is 2.77. The highest BCUT2D eigenvalue weighted by molar-refractivity contribution is 6.31. The summed E-state index contributed by atoms with van der Waals surface area (Å²) < 4.78 is 70.4. The number of nitrogens with one attached hydrogen (secondary N) is 1. The molecular formula is C22H18ClF6N3O3. The molecule has 13 heteroatoms. The van der Waals surface area contributed by atoms with Gasteiger partial charge in [-0.2, -0.15) is 26.3 Å². The Labute approximate surface area is 200 Å². The van der Waals surface area contributed by atoms with Crippen LogP contribution in [0.2, 0.25) is 5.02 Å². The Balaban J connectivity index is 0.000000540. The third kappa shape index (κ3) is 7.82. The number of aliphatic hydroxyl groups is 1. The van der Waals surface area contributed by atoms with Crippen molar-refractivity contribution in [2.75, 3.05) is 11.9 Å². The number of benzene rings is 2. The van der Waals surface area contributed by atoms with Crippen LogP contribution in [0.15, 0.2) is 54.9 Å². The molecule has 2 aromatic carbocycles. The van der Waals surface area contributed by atoms with Gasteiger partial charge in [0.2, 0.25) is 0 Å². The molecule has 3 N–H and O–H groups in total. The first-order valence-electron chi connectivity index (χ1n) is 9.67. The monoisotopic (exact) mass is 521 g/mol. The minimum atomic E-state index is -5.08. The maximum atomic E-state index is 12.9. The van der Waals surface area contributed by atoms with E-state index >= 15 is 0 Å². The molecule has 0 saturated heterocycles. The molecule has 6 nitrogen and oxygen atoms in total. The number of nitrogens with zero attached hydrogens (tertiary/aromatic N) is 2. The van der Waals surface area contributed by atoms with Gasteiger partial charge in [-0.25, -0.2) is 14.8 Å². The highest BCUT2D eigenvalue weighted by Crippen LogP contribution is 2.37. The zero-order chi connectivity index (χ0) is 26.4. The molecule has 0 amide bonds. The number of alkyl halides is 6. The molecule has 3 aromatic rings. The average molecular weight is 522 g/mol. The number of carboxylic acids is 1. The molecule has 3 rings (SSSR count). The summed E-state index contributed by atoms with van der Waals surface area (Å²) in [7, 11) is 0. The van der Waals surface area contributed by atoms with E-state index in [1.807, 2.05) is 30.3 Å². The van der Waals surface area contributed by atoms with Crippen molar-refractivity contribution in [1.82, 2.24) is 9.97 Å². The molecule has 0 radical (unpaired) electrons. The molecule has 1 heterocycles. The molecule has 35 heavy (non-hydrogen) atoms. The molecule has 1 atom stereocenters. The van der Waals surface area contributed by atoms with Crippen molar-refractivity contribution in [3.63, 3.8) is 0 Å². The van der Waals surface area contributed by atoms with E-state index in [-0.39, 0.29) is 6.54 Å². The Morgan fingerprint density at radius 3 is 2.17 bits per heavy atom. The largest absolute Gasteiger partial charge is 0.490 e. The Morgan fingerprint density at radius 1 is 1.06 bits per heavy atom. The molecule has 188 valence electrons. The Morgan fingerprint density at radius 2 is 1.66 bits per heavy atom. The fourth-order valence-electron chi connectivity index (χ4n) is 2.80. The van der Waals surface area contributed by atoms with Crippen LogP contribution in [0.1, 0.15) is 22.8 Å². The van der Waals surface area contributed by atoms with Crippen molar-refractivity contribution in [3.8, 4) is 11.3 Å². The first kappa shape index (κ1) is 27.9. The molecule has 0 saturated carbocycles. The smallest absolute Gasteiger partial charge is 0.475 e. The van der Waals surface area contributed by atoms with E-state index in [1.54, 1.807) is 6.92 Å². The number of hydrogen-bond donors (Lipinski definition) is 3. The summed E-state index contributed by atoms with van der Waals surface area (Å²) in [6.07, 6.45) is -9.03. The van der Waals surface area contributed by atoms with Crippen LogP contribution in [0.5, 0.6) is 0 Å². The third-order valence-electron chi connectivity index (χ3n) is 4.52. The Kier molecular flexibility index (Phi) is 9.05. The van der Waals surface area contributed by atoms with Crippen LogP contribution in [0.4, 0.5) is 32.2 Å². The van der Waals surface area contributed by atoms with Gasteiger partial charge in [0.25, 0.3) is 0 Å². The van der Waals surface area contributed by atoms with Crippen LogP contribution in [-0.2, 0) is 11.0 Å². The highest BCUT2D eigenvalue weighted by Gasteiger charge is 2.38. The lowest BCUT2D eigenvalue weighted by Crippen LogP contribution is -2.21. The Hall–Kier alpha value is -3.38. The molecule has 0 unspecified atom stereocenters. The van der Waals surface area contributed by atoms with Crippen molar-refractivity contribution < 1.29 is 41.4 Å². The van der Waals surface area contributed by atoms with Crippen molar-refractivity contribution >= 4 is 23.4 Å². The number of aliphatic hydroxyl groups excluding tert-OH is 1. The van der Waals surface area contributed by atoms with E-state index in [4.69, 9.17) is 21.5 Å². The number of halogens is 7. The fraction of sp³-hybridized carbons (Fsp3) is 0.227. The van der Waals surface area contributed by atoms with Crippen LogP contribution >= 0.6 is 11.6 Å². The summed E-state index contributed by atoms with van der Waals surface area (Å²) in [5.74, 6) is -2.27. The summed E-state index contributed by atoms with van der Waals surface area (Å²) in [5, 5.41) is 20.1. The number of rotatable bonds is 5. The maximum absolute atomic E-state index is 12.9.